The van der Waals surface area contributed by atoms with Gasteiger partial charge in [-0.1, -0.05) is 24.3 Å². The van der Waals surface area contributed by atoms with Gasteiger partial charge in [0.25, 0.3) is 0 Å². The molecule has 5 heteroatoms. The van der Waals surface area contributed by atoms with Crippen molar-refractivity contribution in [2.24, 2.45) is 11.8 Å². The Balaban J connectivity index is 1.79. The van der Waals surface area contributed by atoms with E-state index < -0.39 is 5.54 Å². The third kappa shape index (κ3) is 6.11. The zero-order valence-electron chi connectivity index (χ0n) is 14.8. The van der Waals surface area contributed by atoms with Gasteiger partial charge in [-0.3, -0.25) is 9.59 Å². The molecule has 2 aliphatic carbocycles. The summed E-state index contributed by atoms with van der Waals surface area (Å²) >= 11 is 0. The molecule has 0 unspecified atom stereocenters. The first kappa shape index (κ1) is 18.7. The predicted octanol–water partition coefficient (Wildman–Crippen LogP) is 2.34. The van der Waals surface area contributed by atoms with Gasteiger partial charge in [-0.15, -0.1) is 0 Å². The van der Waals surface area contributed by atoms with Crippen LogP contribution in [-0.4, -0.2) is 37.6 Å². The normalized spacial score (nSPS) is 24.8. The Labute approximate surface area is 144 Å². The first-order valence-electron chi connectivity index (χ1n) is 8.91. The zero-order valence-corrected chi connectivity index (χ0v) is 14.8. The van der Waals surface area contributed by atoms with Crippen LogP contribution in [0.15, 0.2) is 24.3 Å². The fraction of sp³-hybridized carbons (Fsp3) is 0.684. The summed E-state index contributed by atoms with van der Waals surface area (Å²) in [6, 6.07) is 0. The molecule has 0 aliphatic heterocycles. The van der Waals surface area contributed by atoms with Crippen molar-refractivity contribution < 1.29 is 14.3 Å². The van der Waals surface area contributed by atoms with Crippen LogP contribution in [0.5, 0.6) is 0 Å². The maximum atomic E-state index is 12.3. The second-order valence-corrected chi connectivity index (χ2v) is 7.26. The highest BCUT2D eigenvalue weighted by Gasteiger charge is 2.28. The molecule has 0 aromatic heterocycles. The van der Waals surface area contributed by atoms with Gasteiger partial charge in [-0.25, -0.2) is 0 Å². The second kappa shape index (κ2) is 9.02. The van der Waals surface area contributed by atoms with Crippen LogP contribution in [0.4, 0.5) is 0 Å². The van der Waals surface area contributed by atoms with Gasteiger partial charge >= 0.3 is 0 Å². The van der Waals surface area contributed by atoms with Gasteiger partial charge in [-0.05, 0) is 44.4 Å². The van der Waals surface area contributed by atoms with E-state index >= 15 is 0 Å². The van der Waals surface area contributed by atoms with Crippen LogP contribution in [0.1, 0.15) is 45.4 Å². The van der Waals surface area contributed by atoms with E-state index in [1.165, 1.54) is 0 Å². The molecule has 2 aliphatic rings. The number of rotatable bonds is 9. The minimum absolute atomic E-state index is 0.0130. The maximum Gasteiger partial charge on any atom is 0.221 e. The van der Waals surface area contributed by atoms with Crippen LogP contribution in [-0.2, 0) is 14.3 Å². The molecule has 24 heavy (non-hydrogen) atoms. The molecule has 0 radical (unpaired) electrons. The molecule has 2 rings (SSSR count). The molecule has 0 aromatic carbocycles. The van der Waals surface area contributed by atoms with E-state index in [1.807, 2.05) is 6.92 Å². The molecule has 0 saturated heterocycles. The lowest BCUT2D eigenvalue weighted by molar-refractivity contribution is -0.126. The molecule has 3 atom stereocenters. The van der Waals surface area contributed by atoms with Gasteiger partial charge in [0.2, 0.25) is 11.8 Å². The number of nitrogens with one attached hydrogen (secondary N) is 2. The van der Waals surface area contributed by atoms with Crippen molar-refractivity contribution in [3.8, 4) is 0 Å². The minimum Gasteiger partial charge on any atom is -0.382 e. The van der Waals surface area contributed by atoms with E-state index in [-0.39, 0.29) is 11.8 Å². The van der Waals surface area contributed by atoms with E-state index in [1.54, 1.807) is 7.11 Å². The summed E-state index contributed by atoms with van der Waals surface area (Å²) in [5.41, 5.74) is -0.588. The molecular weight excluding hydrogens is 304 g/mol. The first-order valence-corrected chi connectivity index (χ1v) is 8.91. The molecule has 134 valence electrons. The van der Waals surface area contributed by atoms with E-state index in [2.05, 4.69) is 34.9 Å². The summed E-state index contributed by atoms with van der Waals surface area (Å²) in [6.45, 7) is 2.65. The number of hydrogen-bond acceptors (Lipinski definition) is 3. The van der Waals surface area contributed by atoms with E-state index in [0.29, 0.717) is 37.8 Å². The lowest BCUT2D eigenvalue weighted by Crippen LogP contribution is -2.56. The summed E-state index contributed by atoms with van der Waals surface area (Å²) in [6.07, 6.45) is 13.7. The Bertz CT molecular complexity index is 501. The Morgan fingerprint density at radius 2 is 1.67 bits per heavy atom. The van der Waals surface area contributed by atoms with Gasteiger partial charge in [0.1, 0.15) is 0 Å². The molecule has 0 heterocycles. The number of allylic oxidation sites excluding steroid dienone is 4. The standard InChI is InChI=1S/C19H30N2O3/c1-19(14-24-2,21-18(23)12-16-9-5-6-10-16)13-20-17(22)11-15-7-3-4-8-15/h3,5,7,9,15-16H,4,6,8,10-14H2,1-2H3,(H,20,22)(H,21,23)/t15-,16+,19+/m1/s1. The smallest absolute Gasteiger partial charge is 0.221 e. The first-order chi connectivity index (χ1) is 11.5. The van der Waals surface area contributed by atoms with Crippen molar-refractivity contribution >= 4 is 11.8 Å². The number of methoxy groups -OCH3 is 1. The summed E-state index contributed by atoms with van der Waals surface area (Å²) in [5, 5.41) is 6.00. The van der Waals surface area contributed by atoms with Crippen LogP contribution in [0, 0.1) is 11.8 Å². The van der Waals surface area contributed by atoms with E-state index in [4.69, 9.17) is 4.74 Å². The van der Waals surface area contributed by atoms with Crippen molar-refractivity contribution in [2.75, 3.05) is 20.3 Å². The molecule has 0 fully saturated rings. The van der Waals surface area contributed by atoms with Crippen molar-refractivity contribution in [3.63, 3.8) is 0 Å². The third-order valence-corrected chi connectivity index (χ3v) is 4.70. The fourth-order valence-corrected chi connectivity index (χ4v) is 3.41. The molecule has 0 aromatic rings. The molecule has 2 N–H and O–H groups in total. The van der Waals surface area contributed by atoms with Gasteiger partial charge in [0, 0.05) is 26.5 Å². The molecule has 0 spiro atoms. The summed E-state index contributed by atoms with van der Waals surface area (Å²) in [7, 11) is 1.61. The summed E-state index contributed by atoms with van der Waals surface area (Å²) in [5.74, 6) is 0.726. The predicted molar refractivity (Wildman–Crippen MR) is 94.4 cm³/mol. The number of hydrogen-bond donors (Lipinski definition) is 2. The van der Waals surface area contributed by atoms with Crippen LogP contribution in [0.2, 0.25) is 0 Å². The fourth-order valence-electron chi connectivity index (χ4n) is 3.41. The number of ether oxygens (including phenoxy) is 1. The highest BCUT2D eigenvalue weighted by atomic mass is 16.5. The average Bonchev–Trinajstić information content (AvgIpc) is 3.19. The van der Waals surface area contributed by atoms with Crippen molar-refractivity contribution in [1.82, 2.24) is 10.6 Å². The van der Waals surface area contributed by atoms with Crippen LogP contribution in [0.3, 0.4) is 0 Å². The minimum atomic E-state index is -0.588. The summed E-state index contributed by atoms with van der Waals surface area (Å²) in [4.78, 5) is 24.4. The molecular formula is C19H30N2O3. The summed E-state index contributed by atoms with van der Waals surface area (Å²) < 4.78 is 5.25. The molecule has 2 amide bonds. The second-order valence-electron chi connectivity index (χ2n) is 7.26. The van der Waals surface area contributed by atoms with Gasteiger partial charge in [0.05, 0.1) is 12.1 Å². The quantitative estimate of drug-likeness (QED) is 0.636. The van der Waals surface area contributed by atoms with Crippen LogP contribution < -0.4 is 10.6 Å². The van der Waals surface area contributed by atoms with Crippen LogP contribution >= 0.6 is 0 Å². The van der Waals surface area contributed by atoms with Crippen molar-refractivity contribution in [2.45, 2.75) is 51.0 Å². The topological polar surface area (TPSA) is 67.4 Å². The number of carbonyl (C=O) groups is 2. The molecule has 0 bridgehead atoms. The maximum absolute atomic E-state index is 12.3. The Morgan fingerprint density at radius 3 is 2.17 bits per heavy atom. The average molecular weight is 334 g/mol. The SMILES string of the molecule is COC[C@](C)(CNC(=O)C[C@@H]1C=CCC1)NC(=O)C[C@H]1C=CCC1. The highest BCUT2D eigenvalue weighted by molar-refractivity contribution is 5.78. The zero-order chi connectivity index (χ0) is 17.4. The largest absolute Gasteiger partial charge is 0.382 e. The van der Waals surface area contributed by atoms with E-state index in [9.17, 15) is 9.59 Å². The van der Waals surface area contributed by atoms with Crippen LogP contribution in [0.25, 0.3) is 0 Å². The lowest BCUT2D eigenvalue weighted by atomic mass is 10.00. The number of amides is 2. The number of carbonyl (C=O) groups excluding carboxylic acids is 2. The van der Waals surface area contributed by atoms with Gasteiger partial charge < -0.3 is 15.4 Å². The van der Waals surface area contributed by atoms with Crippen molar-refractivity contribution in [3.05, 3.63) is 24.3 Å². The Kier molecular flexibility index (Phi) is 7.03. The molecule has 0 saturated carbocycles. The van der Waals surface area contributed by atoms with Gasteiger partial charge in [0.15, 0.2) is 0 Å². The van der Waals surface area contributed by atoms with Gasteiger partial charge in [-0.2, -0.15) is 0 Å². The highest BCUT2D eigenvalue weighted by Crippen LogP contribution is 2.21. The van der Waals surface area contributed by atoms with Crippen molar-refractivity contribution in [1.29, 1.82) is 0 Å². The lowest BCUT2D eigenvalue weighted by Gasteiger charge is -2.31. The van der Waals surface area contributed by atoms with E-state index in [0.717, 1.165) is 25.7 Å². The third-order valence-electron chi connectivity index (χ3n) is 4.70. The Morgan fingerprint density at radius 1 is 1.08 bits per heavy atom. The monoisotopic (exact) mass is 334 g/mol. The molecule has 5 nitrogen and oxygen atoms in total. The Hall–Kier alpha value is -1.62.